The van der Waals surface area contributed by atoms with Gasteiger partial charge in [-0.2, -0.15) is 0 Å². The van der Waals surface area contributed by atoms with Gasteiger partial charge in [0.2, 0.25) is 0 Å². The molecule has 3 aromatic rings. The molecule has 0 amide bonds. The number of hydrogen-bond acceptors (Lipinski definition) is 5. The molecule has 0 atom stereocenters. The summed E-state index contributed by atoms with van der Waals surface area (Å²) in [6, 6.07) is 9.69. The lowest BCUT2D eigenvalue weighted by atomic mass is 9.80. The normalized spacial score (nSPS) is 20.6. The van der Waals surface area contributed by atoms with Crippen molar-refractivity contribution in [2.45, 2.75) is 51.5 Å². The van der Waals surface area contributed by atoms with Crippen LogP contribution in [0.1, 0.15) is 43.7 Å². The molecule has 2 fully saturated rings. The Labute approximate surface area is 212 Å². The van der Waals surface area contributed by atoms with Gasteiger partial charge in [-0.05, 0) is 85.9 Å². The smallest absolute Gasteiger partial charge is 0.141 e. The zero-order valence-electron chi connectivity index (χ0n) is 20.5. The topological polar surface area (TPSA) is 44.3 Å². The van der Waals surface area contributed by atoms with Crippen molar-refractivity contribution in [3.05, 3.63) is 71.0 Å². The molecule has 7 heteroatoms. The van der Waals surface area contributed by atoms with Crippen LogP contribution in [0, 0.1) is 11.7 Å². The highest BCUT2D eigenvalue weighted by atomic mass is 35.5. The third-order valence-corrected chi connectivity index (χ3v) is 8.02. The van der Waals surface area contributed by atoms with Gasteiger partial charge >= 0.3 is 0 Å². The van der Waals surface area contributed by atoms with Crippen molar-refractivity contribution in [1.82, 2.24) is 19.8 Å². The molecule has 1 aliphatic heterocycles. The predicted molar refractivity (Wildman–Crippen MR) is 142 cm³/mol. The second-order valence-corrected chi connectivity index (χ2v) is 10.3. The molecule has 5 rings (SSSR count). The number of aromatic nitrogens is 2. The molecule has 0 bridgehead atoms. The zero-order chi connectivity index (χ0) is 24.5. The number of hydrogen-bond donors (Lipinski definition) is 1. The van der Waals surface area contributed by atoms with Crippen LogP contribution in [0.4, 0.5) is 15.9 Å². The summed E-state index contributed by atoms with van der Waals surface area (Å²) in [4.78, 5) is 13.8. The van der Waals surface area contributed by atoms with Crippen molar-refractivity contribution < 1.29 is 4.39 Å². The molecule has 35 heavy (non-hydrogen) atoms. The minimum absolute atomic E-state index is 0.0853. The van der Waals surface area contributed by atoms with Crippen LogP contribution in [0.25, 0.3) is 10.9 Å². The van der Waals surface area contributed by atoms with E-state index in [4.69, 9.17) is 11.6 Å². The Kier molecular flexibility index (Phi) is 6.83. The van der Waals surface area contributed by atoms with E-state index < -0.39 is 5.82 Å². The number of anilines is 2. The summed E-state index contributed by atoms with van der Waals surface area (Å²) < 4.78 is 13.6. The third kappa shape index (κ3) is 4.94. The molecule has 1 aromatic heterocycles. The zero-order valence-corrected chi connectivity index (χ0v) is 21.3. The predicted octanol–water partition coefficient (Wildman–Crippen LogP) is 6.55. The van der Waals surface area contributed by atoms with E-state index in [9.17, 15) is 4.39 Å². The molecule has 0 radical (unpaired) electrons. The van der Waals surface area contributed by atoms with Gasteiger partial charge in [0.1, 0.15) is 18.0 Å². The summed E-state index contributed by atoms with van der Waals surface area (Å²) in [7, 11) is 2.14. The van der Waals surface area contributed by atoms with E-state index >= 15 is 0 Å². The molecule has 1 saturated carbocycles. The van der Waals surface area contributed by atoms with Crippen LogP contribution < -0.4 is 5.32 Å². The maximum Gasteiger partial charge on any atom is 0.141 e. The molecule has 0 spiro atoms. The van der Waals surface area contributed by atoms with E-state index in [1.165, 1.54) is 48.7 Å². The number of halogens is 2. The Balaban J connectivity index is 1.34. The lowest BCUT2D eigenvalue weighted by Gasteiger charge is -2.36. The highest BCUT2D eigenvalue weighted by Gasteiger charge is 2.31. The largest absolute Gasteiger partial charge is 0.360 e. The van der Waals surface area contributed by atoms with Gasteiger partial charge in [0.25, 0.3) is 0 Å². The van der Waals surface area contributed by atoms with E-state index in [-0.39, 0.29) is 5.02 Å². The number of likely N-dealkylation sites (N-methyl/N-ethyl adjacent to an activating group) is 1. The summed E-state index contributed by atoms with van der Waals surface area (Å²) in [5, 5.41) is 4.37. The van der Waals surface area contributed by atoms with Crippen molar-refractivity contribution >= 4 is 34.0 Å². The van der Waals surface area contributed by atoms with E-state index in [2.05, 4.69) is 57.8 Å². The van der Waals surface area contributed by atoms with Crippen molar-refractivity contribution in [2.24, 2.45) is 5.92 Å². The first kappa shape index (κ1) is 23.9. The summed E-state index contributed by atoms with van der Waals surface area (Å²) in [5.74, 6) is 2.13. The maximum absolute atomic E-state index is 13.6. The average Bonchev–Trinajstić information content (AvgIpc) is 3.20. The van der Waals surface area contributed by atoms with Gasteiger partial charge in [-0.3, -0.25) is 0 Å². The van der Waals surface area contributed by atoms with Gasteiger partial charge in [0.15, 0.2) is 0 Å². The third-order valence-electron chi connectivity index (χ3n) is 7.73. The van der Waals surface area contributed by atoms with E-state index in [1.807, 2.05) is 0 Å². The van der Waals surface area contributed by atoms with Gasteiger partial charge in [0.05, 0.1) is 16.4 Å². The number of nitrogens with one attached hydrogen (secondary N) is 1. The summed E-state index contributed by atoms with van der Waals surface area (Å²) in [5.41, 5.74) is 4.34. The lowest BCUT2D eigenvalue weighted by molar-refractivity contribution is 0.184. The Bertz CT molecular complexity index is 1240. The molecular weight excluding hydrogens is 461 g/mol. The monoisotopic (exact) mass is 493 g/mol. The fourth-order valence-corrected chi connectivity index (χ4v) is 5.80. The quantitative estimate of drug-likeness (QED) is 0.422. The van der Waals surface area contributed by atoms with Crippen molar-refractivity contribution in [2.75, 3.05) is 25.5 Å². The molecular formula is C28H33ClFN5. The van der Waals surface area contributed by atoms with Gasteiger partial charge in [-0.25, -0.2) is 14.4 Å². The van der Waals surface area contributed by atoms with E-state index in [1.54, 1.807) is 18.5 Å². The fraction of sp³-hybridized carbons (Fsp3) is 0.429. The molecule has 0 unspecified atom stereocenters. The minimum Gasteiger partial charge on any atom is -0.360 e. The number of nitrogens with zero attached hydrogens (tertiary/aromatic N) is 4. The SMILES string of the molecule is C=C1N(C)CCN1C1CCC(Cc2cc3c(Nc4ccc(F)c(Cl)c4)ncnc3cc2CC)CC1. The van der Waals surface area contributed by atoms with Crippen molar-refractivity contribution in [1.29, 1.82) is 0 Å². The molecule has 1 N–H and O–H groups in total. The molecule has 1 saturated heterocycles. The van der Waals surface area contributed by atoms with Crippen LogP contribution in [0.2, 0.25) is 5.02 Å². The molecule has 2 heterocycles. The summed E-state index contributed by atoms with van der Waals surface area (Å²) in [6.45, 7) is 8.68. The number of aryl methyl sites for hydroxylation is 1. The van der Waals surface area contributed by atoms with Crippen LogP contribution in [-0.4, -0.2) is 45.9 Å². The molecule has 2 aliphatic rings. The maximum atomic E-state index is 13.6. The van der Waals surface area contributed by atoms with Crippen LogP contribution >= 0.6 is 11.6 Å². The van der Waals surface area contributed by atoms with Gasteiger partial charge in [-0.15, -0.1) is 0 Å². The Morgan fingerprint density at radius 1 is 1.09 bits per heavy atom. The highest BCUT2D eigenvalue weighted by Crippen LogP contribution is 2.35. The van der Waals surface area contributed by atoms with Crippen LogP contribution in [0.3, 0.4) is 0 Å². The Hall–Kier alpha value is -2.86. The number of benzene rings is 2. The molecule has 184 valence electrons. The first-order valence-electron chi connectivity index (χ1n) is 12.6. The summed E-state index contributed by atoms with van der Waals surface area (Å²) in [6.07, 6.45) is 8.55. The molecule has 2 aromatic carbocycles. The number of fused-ring (bicyclic) bond motifs is 1. The van der Waals surface area contributed by atoms with Gasteiger partial charge < -0.3 is 15.1 Å². The fourth-order valence-electron chi connectivity index (χ4n) is 5.62. The Morgan fingerprint density at radius 2 is 1.89 bits per heavy atom. The van der Waals surface area contributed by atoms with Gasteiger partial charge in [0, 0.05) is 37.3 Å². The second-order valence-electron chi connectivity index (χ2n) is 9.88. The average molecular weight is 494 g/mol. The molecule has 5 nitrogen and oxygen atoms in total. The standard InChI is InChI=1S/C28H33ClFN5/c1-4-20-15-27-24(28(32-17-31-27)33-22-7-10-26(30)25(29)16-22)14-21(20)13-19-5-8-23(9-6-19)35-12-11-34(3)18(35)2/h7,10,14-17,19,23H,2,4-6,8-9,11-13H2,1,3H3,(H,31,32,33). The minimum atomic E-state index is -0.435. The number of rotatable bonds is 6. The van der Waals surface area contributed by atoms with Crippen LogP contribution in [-0.2, 0) is 12.8 Å². The van der Waals surface area contributed by atoms with Gasteiger partial charge in [-0.1, -0.05) is 25.1 Å². The Morgan fingerprint density at radius 3 is 2.57 bits per heavy atom. The molecule has 1 aliphatic carbocycles. The van der Waals surface area contributed by atoms with Crippen molar-refractivity contribution in [3.63, 3.8) is 0 Å². The van der Waals surface area contributed by atoms with E-state index in [0.717, 1.165) is 36.8 Å². The second kappa shape index (κ2) is 10.0. The van der Waals surface area contributed by atoms with Crippen LogP contribution in [0.15, 0.2) is 49.1 Å². The first-order valence-corrected chi connectivity index (χ1v) is 13.0. The summed E-state index contributed by atoms with van der Waals surface area (Å²) >= 11 is 5.98. The van der Waals surface area contributed by atoms with Crippen molar-refractivity contribution in [3.8, 4) is 0 Å². The highest BCUT2D eigenvalue weighted by molar-refractivity contribution is 6.31. The van der Waals surface area contributed by atoms with Crippen LogP contribution in [0.5, 0.6) is 0 Å². The van der Waals surface area contributed by atoms with E-state index in [0.29, 0.717) is 23.5 Å². The lowest BCUT2D eigenvalue weighted by Crippen LogP contribution is -2.36. The first-order chi connectivity index (χ1) is 16.9.